The van der Waals surface area contributed by atoms with Crippen LogP contribution in [0.2, 0.25) is 0 Å². The van der Waals surface area contributed by atoms with Gasteiger partial charge < -0.3 is 10.0 Å². The third-order valence-corrected chi connectivity index (χ3v) is 2.20. The lowest BCUT2D eigenvalue weighted by molar-refractivity contribution is -0.128. The number of allylic oxidation sites excluding steroid dienone is 1. The van der Waals surface area contributed by atoms with E-state index in [1.807, 2.05) is 19.1 Å². The number of nitrogens with zero attached hydrogens (tertiary/aromatic N) is 1. The first kappa shape index (κ1) is 9.26. The minimum atomic E-state index is 0.0497. The van der Waals surface area contributed by atoms with Crippen LogP contribution >= 0.6 is 0 Å². The third kappa shape index (κ3) is 1.85. The van der Waals surface area contributed by atoms with Crippen molar-refractivity contribution in [1.82, 2.24) is 4.90 Å². The first-order chi connectivity index (χ1) is 5.79. The monoisotopic (exact) mass is 169 g/mol. The van der Waals surface area contributed by atoms with Crippen molar-refractivity contribution in [2.24, 2.45) is 0 Å². The quantitative estimate of drug-likeness (QED) is 0.627. The smallest absolute Gasteiger partial charge is 0.223 e. The number of aliphatic hydroxyl groups excluding tert-OH is 1. The molecular weight excluding hydrogens is 154 g/mol. The summed E-state index contributed by atoms with van der Waals surface area (Å²) in [5.41, 5.74) is 0. The number of carbonyl (C=O) groups is 1. The number of likely N-dealkylation sites (tertiary alicyclic amines) is 1. The molecule has 0 aromatic heterocycles. The summed E-state index contributed by atoms with van der Waals surface area (Å²) < 4.78 is 0. The van der Waals surface area contributed by atoms with E-state index in [0.29, 0.717) is 13.0 Å². The van der Waals surface area contributed by atoms with Crippen LogP contribution in [0.25, 0.3) is 0 Å². The second-order valence-electron chi connectivity index (χ2n) is 2.99. The molecule has 1 amide bonds. The van der Waals surface area contributed by atoms with Gasteiger partial charge in [0.1, 0.15) is 0 Å². The van der Waals surface area contributed by atoms with E-state index in [1.54, 1.807) is 4.90 Å². The Kier molecular flexibility index (Phi) is 3.29. The van der Waals surface area contributed by atoms with Gasteiger partial charge in [-0.15, -0.1) is 0 Å². The largest absolute Gasteiger partial charge is 0.394 e. The maximum absolute atomic E-state index is 11.2. The fraction of sp³-hybridized carbons (Fsp3) is 0.667. The number of carbonyl (C=O) groups excluding carboxylic acids is 1. The Bertz CT molecular complexity index is 189. The van der Waals surface area contributed by atoms with Crippen molar-refractivity contribution in [3.63, 3.8) is 0 Å². The van der Waals surface area contributed by atoms with Gasteiger partial charge in [0.15, 0.2) is 0 Å². The van der Waals surface area contributed by atoms with Gasteiger partial charge in [-0.05, 0) is 13.3 Å². The average Bonchev–Trinajstić information content (AvgIpc) is 2.43. The summed E-state index contributed by atoms with van der Waals surface area (Å²) >= 11 is 0. The highest BCUT2D eigenvalue weighted by Crippen LogP contribution is 2.17. The maximum Gasteiger partial charge on any atom is 0.223 e. The molecule has 0 spiro atoms. The Labute approximate surface area is 72.7 Å². The van der Waals surface area contributed by atoms with Crippen LogP contribution in [0, 0.1) is 0 Å². The summed E-state index contributed by atoms with van der Waals surface area (Å²) in [4.78, 5) is 13.0. The van der Waals surface area contributed by atoms with Crippen LogP contribution in [0.4, 0.5) is 0 Å². The number of aliphatic hydroxyl groups is 1. The second kappa shape index (κ2) is 4.26. The number of amides is 1. The summed E-state index contributed by atoms with van der Waals surface area (Å²) in [6, 6.07) is 0.0497. The molecule has 0 aromatic rings. The first-order valence-corrected chi connectivity index (χ1v) is 4.31. The molecule has 0 saturated carbocycles. The molecule has 1 aliphatic heterocycles. The predicted octanol–water partition coefficient (Wildman–Crippen LogP) is 0.546. The molecule has 1 atom stereocenters. The predicted molar refractivity (Wildman–Crippen MR) is 46.6 cm³/mol. The lowest BCUT2D eigenvalue weighted by atomic mass is 10.2. The molecule has 1 saturated heterocycles. The highest BCUT2D eigenvalue weighted by Gasteiger charge is 2.28. The number of hydrogen-bond donors (Lipinski definition) is 1. The Morgan fingerprint density at radius 2 is 2.50 bits per heavy atom. The highest BCUT2D eigenvalue weighted by molar-refractivity contribution is 5.78. The zero-order chi connectivity index (χ0) is 8.97. The van der Waals surface area contributed by atoms with Crippen molar-refractivity contribution in [2.75, 3.05) is 13.2 Å². The van der Waals surface area contributed by atoms with Gasteiger partial charge >= 0.3 is 0 Å². The third-order valence-electron chi connectivity index (χ3n) is 2.20. The van der Waals surface area contributed by atoms with E-state index in [4.69, 9.17) is 5.11 Å². The number of hydrogen-bond acceptors (Lipinski definition) is 2. The second-order valence-corrected chi connectivity index (χ2v) is 2.99. The Morgan fingerprint density at radius 3 is 3.08 bits per heavy atom. The molecule has 1 N–H and O–H groups in total. The van der Waals surface area contributed by atoms with Crippen LogP contribution in [-0.2, 0) is 4.79 Å². The van der Waals surface area contributed by atoms with Gasteiger partial charge in [-0.2, -0.15) is 0 Å². The molecule has 1 rings (SSSR count). The lowest BCUT2D eigenvalue weighted by Crippen LogP contribution is -2.35. The summed E-state index contributed by atoms with van der Waals surface area (Å²) in [5.74, 6) is 0.159. The normalized spacial score (nSPS) is 24.3. The van der Waals surface area contributed by atoms with Gasteiger partial charge in [-0.25, -0.2) is 0 Å². The fourth-order valence-electron chi connectivity index (χ4n) is 1.45. The Morgan fingerprint density at radius 1 is 1.75 bits per heavy atom. The van der Waals surface area contributed by atoms with E-state index in [1.165, 1.54) is 0 Å². The molecule has 0 aliphatic carbocycles. The summed E-state index contributed by atoms with van der Waals surface area (Å²) in [6.45, 7) is 2.65. The van der Waals surface area contributed by atoms with Gasteiger partial charge in [0.2, 0.25) is 5.91 Å². The van der Waals surface area contributed by atoms with Gasteiger partial charge in [0, 0.05) is 13.0 Å². The first-order valence-electron chi connectivity index (χ1n) is 4.31. The zero-order valence-electron chi connectivity index (χ0n) is 7.36. The molecule has 1 aliphatic rings. The van der Waals surface area contributed by atoms with Crippen LogP contribution in [-0.4, -0.2) is 35.1 Å². The Hall–Kier alpha value is -0.830. The molecule has 1 heterocycles. The molecule has 12 heavy (non-hydrogen) atoms. The van der Waals surface area contributed by atoms with Crippen molar-refractivity contribution in [2.45, 2.75) is 25.8 Å². The van der Waals surface area contributed by atoms with Gasteiger partial charge in [0.05, 0.1) is 12.6 Å². The molecule has 0 radical (unpaired) electrons. The van der Waals surface area contributed by atoms with E-state index in [2.05, 4.69) is 0 Å². The van der Waals surface area contributed by atoms with E-state index in [0.717, 1.165) is 6.42 Å². The van der Waals surface area contributed by atoms with E-state index in [9.17, 15) is 4.79 Å². The van der Waals surface area contributed by atoms with Crippen LogP contribution in [0.15, 0.2) is 12.2 Å². The standard InChI is InChI=1S/C9H15NO2/c1-2-3-6-10-8(7-11)4-5-9(10)12/h2-3,8,11H,4-7H2,1H3/b3-2+/t8-/m0/s1. The van der Waals surface area contributed by atoms with Crippen LogP contribution in [0.1, 0.15) is 19.8 Å². The topological polar surface area (TPSA) is 40.5 Å². The minimum absolute atomic E-state index is 0.0497. The van der Waals surface area contributed by atoms with Gasteiger partial charge in [-0.1, -0.05) is 12.2 Å². The lowest BCUT2D eigenvalue weighted by Gasteiger charge is -2.21. The zero-order valence-corrected chi connectivity index (χ0v) is 7.36. The van der Waals surface area contributed by atoms with Crippen molar-refractivity contribution in [3.05, 3.63) is 12.2 Å². The minimum Gasteiger partial charge on any atom is -0.394 e. The molecular formula is C9H15NO2. The van der Waals surface area contributed by atoms with Crippen molar-refractivity contribution >= 4 is 5.91 Å². The maximum atomic E-state index is 11.2. The van der Waals surface area contributed by atoms with Crippen molar-refractivity contribution in [1.29, 1.82) is 0 Å². The van der Waals surface area contributed by atoms with E-state index < -0.39 is 0 Å². The summed E-state index contributed by atoms with van der Waals surface area (Å²) in [6.07, 6.45) is 5.24. The Balaban J connectivity index is 2.51. The number of rotatable bonds is 3. The van der Waals surface area contributed by atoms with E-state index in [-0.39, 0.29) is 18.6 Å². The fourth-order valence-corrected chi connectivity index (χ4v) is 1.45. The van der Waals surface area contributed by atoms with Crippen LogP contribution in [0.5, 0.6) is 0 Å². The molecule has 68 valence electrons. The molecule has 3 nitrogen and oxygen atoms in total. The van der Waals surface area contributed by atoms with Crippen LogP contribution < -0.4 is 0 Å². The molecule has 3 heteroatoms. The van der Waals surface area contributed by atoms with E-state index >= 15 is 0 Å². The van der Waals surface area contributed by atoms with Gasteiger partial charge in [0.25, 0.3) is 0 Å². The van der Waals surface area contributed by atoms with Crippen LogP contribution in [0.3, 0.4) is 0 Å². The molecule has 1 fully saturated rings. The van der Waals surface area contributed by atoms with Crippen molar-refractivity contribution < 1.29 is 9.90 Å². The summed E-state index contributed by atoms with van der Waals surface area (Å²) in [7, 11) is 0. The molecule has 0 bridgehead atoms. The average molecular weight is 169 g/mol. The molecule has 0 unspecified atom stereocenters. The molecule has 0 aromatic carbocycles. The SMILES string of the molecule is C/C=C/CN1C(=O)CC[C@H]1CO. The van der Waals surface area contributed by atoms with Crippen molar-refractivity contribution in [3.8, 4) is 0 Å². The highest BCUT2D eigenvalue weighted by atomic mass is 16.3. The van der Waals surface area contributed by atoms with Gasteiger partial charge in [-0.3, -0.25) is 4.79 Å². The summed E-state index contributed by atoms with van der Waals surface area (Å²) in [5, 5.41) is 8.94.